The molecule has 94 heavy (non-hydrogen) atoms. The van der Waals surface area contributed by atoms with Crippen molar-refractivity contribution < 1.29 is 71.0 Å². The highest BCUT2D eigenvalue weighted by Gasteiger charge is 2.48. The van der Waals surface area contributed by atoms with Crippen LogP contribution in [0.5, 0.6) is 0 Å². The van der Waals surface area contributed by atoms with Gasteiger partial charge < -0.3 is 44.7 Å². The van der Waals surface area contributed by atoms with Gasteiger partial charge in [0, 0.05) is 86.3 Å². The second kappa shape index (κ2) is 37.3. The van der Waals surface area contributed by atoms with Gasteiger partial charge in [0.2, 0.25) is 47.3 Å². The molecule has 24 heteroatoms. The molecule has 2 aliphatic rings. The zero-order valence-corrected chi connectivity index (χ0v) is 61.6. The number of likely N-dealkylation sites (N-methyl/N-ethyl adjacent to an activating group) is 7. The minimum absolute atomic E-state index is 0.0221. The van der Waals surface area contributed by atoms with E-state index < -0.39 is 173 Å². The molecule has 2 saturated heterocycles. The van der Waals surface area contributed by atoms with Crippen molar-refractivity contribution in [2.75, 3.05) is 62.4 Å². The van der Waals surface area contributed by atoms with Crippen LogP contribution in [0.4, 0.5) is 13.2 Å². The standard InChI is InChI=1S/C70H122F3N9O12/c1-25-49-37-57(85)60(61(86)45(14)29-31-82-30-27-26-28-58(82)70(71,72)73)81(24)69(94)59(44(12)13)80(23)68(93)54(35-42(8)9)79(22)67(92)53(34-41(6)7)78(21)63(88)47(16)74-62(87)46(15)36-55(83)51(32-39(2)3)77(20)66(91)50(43(10)11)38-56(84)52(33-40(4)5)76(19)64(89)48(17)75(18)65(49)90/h39-54,58-61,86H,25-38H2,1-24H3,(H,74,87)/t45-,46+,47+,48-,49+,50-,51?,52+,53-,54-,58?,59-,60+,61-/m1/s1. The van der Waals surface area contributed by atoms with Crippen molar-refractivity contribution in [3.8, 4) is 0 Å². The van der Waals surface area contributed by atoms with Crippen molar-refractivity contribution in [1.29, 1.82) is 0 Å². The van der Waals surface area contributed by atoms with E-state index >= 15 is 19.2 Å². The van der Waals surface area contributed by atoms with Gasteiger partial charge in [-0.1, -0.05) is 110 Å². The third-order valence-electron chi connectivity index (χ3n) is 19.7. The van der Waals surface area contributed by atoms with Gasteiger partial charge in [0.1, 0.15) is 42.3 Å². The summed E-state index contributed by atoms with van der Waals surface area (Å²) in [6, 6.07) is -11.7. The predicted octanol–water partition coefficient (Wildman–Crippen LogP) is 7.77. The molecule has 0 aromatic rings. The maximum atomic E-state index is 15.4. The molecule has 2 aliphatic heterocycles. The Morgan fingerprint density at radius 1 is 0.489 bits per heavy atom. The van der Waals surface area contributed by atoms with Crippen LogP contribution in [0.2, 0.25) is 0 Å². The van der Waals surface area contributed by atoms with Gasteiger partial charge in [0.25, 0.3) is 0 Å². The molecule has 2 N–H and O–H groups in total. The average Bonchev–Trinajstić information content (AvgIpc) is 0.822. The molecule has 0 aromatic heterocycles. The maximum Gasteiger partial charge on any atom is 0.404 e. The SMILES string of the molecule is CC[C@H]1CC(=O)[C@@H]([C@H](O)[C@H](C)CCN2CCCCC2C(F)(F)F)N(C)C(=O)[C@@H](C(C)C)N(C)C(=O)[C@@H](CC(C)C)N(C)C(=O)[C@@H](CC(C)C)N(C)C(=O)[C@H](C)NC(=O)[C@@H](C)CC(=O)C(CC(C)C)N(C)C(=O)[C@@H](C(C)C)CC(=O)[C@H](CC(C)C)N(C)C(=O)[C@@H](C)N(C)C1=O. The zero-order chi connectivity index (χ0) is 72.6. The van der Waals surface area contributed by atoms with Crippen molar-refractivity contribution in [2.24, 2.45) is 59.2 Å². The van der Waals surface area contributed by atoms with Crippen LogP contribution >= 0.6 is 0 Å². The Balaban J connectivity index is 3.04. The molecule has 8 amide bonds. The molecule has 2 fully saturated rings. The van der Waals surface area contributed by atoms with Gasteiger partial charge in [-0.3, -0.25) is 57.6 Å². The van der Waals surface area contributed by atoms with E-state index in [4.69, 9.17) is 0 Å². The minimum Gasteiger partial charge on any atom is -0.390 e. The molecule has 0 saturated carbocycles. The first-order chi connectivity index (χ1) is 43.3. The first-order valence-corrected chi connectivity index (χ1v) is 34.5. The highest BCUT2D eigenvalue weighted by molar-refractivity contribution is 6.00. The molecule has 0 spiro atoms. The Morgan fingerprint density at radius 2 is 0.926 bits per heavy atom. The number of hydrogen-bond donors (Lipinski definition) is 2. The third-order valence-corrected chi connectivity index (χ3v) is 19.7. The summed E-state index contributed by atoms with van der Waals surface area (Å²) in [5.41, 5.74) is 0. The Hall–Kier alpha value is -5.52. The van der Waals surface area contributed by atoms with Crippen LogP contribution in [-0.4, -0.2) is 238 Å². The van der Waals surface area contributed by atoms with Crippen molar-refractivity contribution in [2.45, 2.75) is 261 Å². The first-order valence-electron chi connectivity index (χ1n) is 34.5. The topological polar surface area (TPSA) is 246 Å². The Morgan fingerprint density at radius 3 is 1.38 bits per heavy atom. The van der Waals surface area contributed by atoms with Crippen LogP contribution < -0.4 is 5.32 Å². The number of piperidine rings is 1. The fourth-order valence-electron chi connectivity index (χ4n) is 13.4. The number of ketones is 3. The monoisotopic (exact) mass is 1340 g/mol. The molecule has 0 aromatic carbocycles. The maximum absolute atomic E-state index is 15.4. The highest BCUT2D eigenvalue weighted by atomic mass is 19.4. The number of carbonyl (C=O) groups is 11. The van der Waals surface area contributed by atoms with Gasteiger partial charge in [-0.05, 0) is 120 Å². The summed E-state index contributed by atoms with van der Waals surface area (Å²) >= 11 is 0. The molecule has 21 nitrogen and oxygen atoms in total. The number of aliphatic hydroxyl groups excluding tert-OH is 1. The fourth-order valence-corrected chi connectivity index (χ4v) is 13.4. The number of alkyl halides is 3. The van der Waals surface area contributed by atoms with Gasteiger partial charge in [-0.15, -0.1) is 0 Å². The van der Waals surface area contributed by atoms with Crippen molar-refractivity contribution in [3.63, 3.8) is 0 Å². The molecule has 2 heterocycles. The summed E-state index contributed by atoms with van der Waals surface area (Å²) in [6.07, 6.45) is -5.93. The molecule has 2 unspecified atom stereocenters. The van der Waals surface area contributed by atoms with Crippen molar-refractivity contribution >= 4 is 64.6 Å². The summed E-state index contributed by atoms with van der Waals surface area (Å²) < 4.78 is 43.0. The number of carbonyl (C=O) groups excluding carboxylic acids is 11. The van der Waals surface area contributed by atoms with E-state index in [1.54, 1.807) is 41.5 Å². The lowest BCUT2D eigenvalue weighted by atomic mass is 9.84. The summed E-state index contributed by atoms with van der Waals surface area (Å²) in [6.45, 7) is 29.7. The molecular formula is C70H122F3N9O12. The fraction of sp³-hybridized carbons (Fsp3) is 0.843. The lowest BCUT2D eigenvalue weighted by Gasteiger charge is -2.42. The van der Waals surface area contributed by atoms with Crippen LogP contribution in [-0.2, 0) is 52.7 Å². The number of halogens is 3. The van der Waals surface area contributed by atoms with Crippen LogP contribution in [0.15, 0.2) is 0 Å². The second-order valence-corrected chi connectivity index (χ2v) is 30.0. The molecule has 0 aliphatic carbocycles. The summed E-state index contributed by atoms with van der Waals surface area (Å²) in [5, 5.41) is 15.2. The van der Waals surface area contributed by atoms with Crippen LogP contribution in [0.1, 0.15) is 195 Å². The molecule has 0 radical (unpaired) electrons. The van der Waals surface area contributed by atoms with Gasteiger partial charge in [-0.2, -0.15) is 13.2 Å². The number of nitrogens with one attached hydrogen (secondary N) is 1. The number of nitrogens with zero attached hydrogens (tertiary/aromatic N) is 8. The number of aliphatic hydroxyl groups is 1. The first kappa shape index (κ1) is 84.6. The van der Waals surface area contributed by atoms with Crippen LogP contribution in [0, 0.1) is 59.2 Å². The van der Waals surface area contributed by atoms with Crippen LogP contribution in [0.25, 0.3) is 0 Å². The molecule has 14 atom stereocenters. The van der Waals surface area contributed by atoms with E-state index in [1.165, 1.54) is 104 Å². The summed E-state index contributed by atoms with van der Waals surface area (Å²) in [4.78, 5) is 173. The van der Waals surface area contributed by atoms with E-state index in [0.717, 1.165) is 4.90 Å². The second-order valence-electron chi connectivity index (χ2n) is 30.0. The van der Waals surface area contributed by atoms with Crippen molar-refractivity contribution in [3.05, 3.63) is 0 Å². The van der Waals surface area contributed by atoms with E-state index in [0.29, 0.717) is 12.8 Å². The average molecular weight is 1340 g/mol. The smallest absolute Gasteiger partial charge is 0.390 e. The molecular weight excluding hydrogens is 1220 g/mol. The van der Waals surface area contributed by atoms with Gasteiger partial charge >= 0.3 is 6.18 Å². The normalized spacial score (nSPS) is 28.6. The van der Waals surface area contributed by atoms with Gasteiger partial charge in [0.05, 0.1) is 18.2 Å². The molecule has 0 bridgehead atoms. The Kier molecular flexibility index (Phi) is 33.5. The number of hydrogen-bond acceptors (Lipinski definition) is 13. The van der Waals surface area contributed by atoms with E-state index in [1.807, 2.05) is 55.4 Å². The number of rotatable bonds is 16. The number of Topliss-reactive ketones (excluding diaryl/α,β-unsaturated/α-hetero) is 3. The highest BCUT2D eigenvalue weighted by Crippen LogP contribution is 2.34. The largest absolute Gasteiger partial charge is 0.404 e. The number of amides is 8. The predicted molar refractivity (Wildman–Crippen MR) is 357 cm³/mol. The summed E-state index contributed by atoms with van der Waals surface area (Å²) in [7, 11) is 9.91. The van der Waals surface area contributed by atoms with E-state index in [9.17, 15) is 51.8 Å². The quantitative estimate of drug-likeness (QED) is 0.150. The Bertz CT molecular complexity index is 2580. The Labute approximate surface area is 561 Å². The lowest BCUT2D eigenvalue weighted by molar-refractivity contribution is -0.191. The lowest BCUT2D eigenvalue weighted by Crippen LogP contribution is -2.62. The van der Waals surface area contributed by atoms with Gasteiger partial charge in [0.15, 0.2) is 17.3 Å². The van der Waals surface area contributed by atoms with E-state index in [-0.39, 0.29) is 94.5 Å². The molecule has 2 rings (SSSR count). The number of likely N-dealkylation sites (tertiary alicyclic amines) is 1. The van der Waals surface area contributed by atoms with Crippen molar-refractivity contribution in [1.82, 2.24) is 44.5 Å². The minimum atomic E-state index is -4.51. The molecule has 540 valence electrons. The zero-order valence-electron chi connectivity index (χ0n) is 61.6. The van der Waals surface area contributed by atoms with Gasteiger partial charge in [-0.25, -0.2) is 0 Å². The van der Waals surface area contributed by atoms with E-state index in [2.05, 4.69) is 5.32 Å². The summed E-state index contributed by atoms with van der Waals surface area (Å²) in [5.74, 6) is -12.4. The third kappa shape index (κ3) is 22.8. The van der Waals surface area contributed by atoms with Crippen LogP contribution in [0.3, 0.4) is 0 Å².